The molecule has 0 unspecified atom stereocenters. The Hall–Kier alpha value is -2.42. The Morgan fingerprint density at radius 2 is 1.43 bits per heavy atom. The summed E-state index contributed by atoms with van der Waals surface area (Å²) < 4.78 is 10.1. The lowest BCUT2D eigenvalue weighted by Gasteiger charge is -2.04. The monoisotopic (exact) mass is 283 g/mol. The van der Waals surface area contributed by atoms with Crippen LogP contribution in [0.5, 0.6) is 11.5 Å². The zero-order valence-corrected chi connectivity index (χ0v) is 12.9. The number of nitrogens with one attached hydrogen (secondary N) is 1. The average molecular weight is 283 g/mol. The highest BCUT2D eigenvalue weighted by Crippen LogP contribution is 2.21. The van der Waals surface area contributed by atoms with Gasteiger partial charge in [-0.3, -0.25) is 0 Å². The van der Waals surface area contributed by atoms with Gasteiger partial charge in [-0.1, -0.05) is 11.6 Å². The Morgan fingerprint density at radius 3 is 2.05 bits per heavy atom. The molecule has 3 aromatic rings. The third kappa shape index (κ3) is 4.02. The van der Waals surface area contributed by atoms with Gasteiger partial charge >= 0.3 is 0 Å². The van der Waals surface area contributed by atoms with Gasteiger partial charge in [-0.05, 0) is 55.1 Å². The molecule has 0 saturated carbocycles. The molecule has 0 spiro atoms. The molecule has 0 bridgehead atoms. The summed E-state index contributed by atoms with van der Waals surface area (Å²) in [6, 6.07) is 14.2. The Kier molecular flexibility index (Phi) is 4.88. The topological polar surface area (TPSA) is 34.2 Å². The van der Waals surface area contributed by atoms with E-state index in [1.54, 1.807) is 14.2 Å². The lowest BCUT2D eigenvalue weighted by atomic mass is 10.2. The lowest BCUT2D eigenvalue weighted by molar-refractivity contribution is 0.394. The molecule has 110 valence electrons. The normalized spacial score (nSPS) is 9.90. The number of aromatic amines is 1. The first-order valence-electron chi connectivity index (χ1n) is 6.86. The summed E-state index contributed by atoms with van der Waals surface area (Å²) in [5.74, 6) is 1.67. The summed E-state index contributed by atoms with van der Waals surface area (Å²) in [5, 5.41) is 1.29. The maximum absolute atomic E-state index is 5.06. The van der Waals surface area contributed by atoms with Crippen LogP contribution in [0.3, 0.4) is 0 Å². The smallest absolute Gasteiger partial charge is 0.122 e. The third-order valence-electron chi connectivity index (χ3n) is 3.20. The van der Waals surface area contributed by atoms with Crippen LogP contribution in [0.1, 0.15) is 11.1 Å². The van der Waals surface area contributed by atoms with E-state index in [4.69, 9.17) is 9.47 Å². The van der Waals surface area contributed by atoms with E-state index in [-0.39, 0.29) is 0 Å². The van der Waals surface area contributed by atoms with Crippen LogP contribution in [0.25, 0.3) is 10.9 Å². The van der Waals surface area contributed by atoms with Crippen LogP contribution < -0.4 is 9.47 Å². The first kappa shape index (κ1) is 15.0. The number of hydrogen-bond donors (Lipinski definition) is 1. The van der Waals surface area contributed by atoms with Crippen molar-refractivity contribution in [2.24, 2.45) is 0 Å². The second-order valence-corrected chi connectivity index (χ2v) is 4.96. The summed E-state index contributed by atoms with van der Waals surface area (Å²) >= 11 is 0. The minimum Gasteiger partial charge on any atom is -0.497 e. The molecule has 0 fully saturated rings. The van der Waals surface area contributed by atoms with Crippen LogP contribution in [0.2, 0.25) is 0 Å². The molecular formula is C18H21NO2. The first-order valence-corrected chi connectivity index (χ1v) is 6.86. The molecule has 1 aromatic heterocycles. The van der Waals surface area contributed by atoms with Crippen LogP contribution in [-0.4, -0.2) is 19.2 Å². The number of benzene rings is 2. The summed E-state index contributed by atoms with van der Waals surface area (Å²) in [6.07, 6.45) is 1.96. The highest BCUT2D eigenvalue weighted by molar-refractivity contribution is 5.79. The van der Waals surface area contributed by atoms with E-state index in [2.05, 4.69) is 36.2 Å². The van der Waals surface area contributed by atoms with Crippen molar-refractivity contribution in [3.63, 3.8) is 0 Å². The SMILES string of the molecule is COc1cc(C)cc(OC)c1.Cc1ccc2[nH]ccc2c1. The predicted molar refractivity (Wildman–Crippen MR) is 87.3 cm³/mol. The molecular weight excluding hydrogens is 262 g/mol. The van der Waals surface area contributed by atoms with E-state index in [0.29, 0.717) is 0 Å². The number of aryl methyl sites for hydroxylation is 2. The van der Waals surface area contributed by atoms with Crippen molar-refractivity contribution >= 4 is 10.9 Å². The van der Waals surface area contributed by atoms with Gasteiger partial charge in [0.2, 0.25) is 0 Å². The molecule has 0 radical (unpaired) electrons. The molecule has 3 rings (SSSR count). The van der Waals surface area contributed by atoms with E-state index >= 15 is 0 Å². The molecule has 1 heterocycles. The maximum atomic E-state index is 5.06. The van der Waals surface area contributed by atoms with E-state index in [9.17, 15) is 0 Å². The van der Waals surface area contributed by atoms with Crippen molar-refractivity contribution in [3.8, 4) is 11.5 Å². The average Bonchev–Trinajstić information content (AvgIpc) is 2.94. The van der Waals surface area contributed by atoms with Gasteiger partial charge in [0, 0.05) is 17.8 Å². The molecule has 21 heavy (non-hydrogen) atoms. The number of aromatic nitrogens is 1. The van der Waals surface area contributed by atoms with E-state index in [1.807, 2.05) is 31.3 Å². The van der Waals surface area contributed by atoms with Gasteiger partial charge in [0.15, 0.2) is 0 Å². The van der Waals surface area contributed by atoms with Crippen LogP contribution >= 0.6 is 0 Å². The summed E-state index contributed by atoms with van der Waals surface area (Å²) in [5.41, 5.74) is 3.67. The van der Waals surface area contributed by atoms with Crippen LogP contribution in [0.15, 0.2) is 48.7 Å². The zero-order valence-electron chi connectivity index (χ0n) is 12.9. The highest BCUT2D eigenvalue weighted by Gasteiger charge is 1.96. The van der Waals surface area contributed by atoms with Gasteiger partial charge in [-0.2, -0.15) is 0 Å². The van der Waals surface area contributed by atoms with Crippen molar-refractivity contribution in [1.29, 1.82) is 0 Å². The summed E-state index contributed by atoms with van der Waals surface area (Å²) in [7, 11) is 3.29. The van der Waals surface area contributed by atoms with Crippen LogP contribution in [-0.2, 0) is 0 Å². The van der Waals surface area contributed by atoms with Crippen LogP contribution in [0, 0.1) is 13.8 Å². The molecule has 0 aliphatic carbocycles. The predicted octanol–water partition coefficient (Wildman–Crippen LogP) is 4.49. The van der Waals surface area contributed by atoms with E-state index in [0.717, 1.165) is 17.1 Å². The summed E-state index contributed by atoms with van der Waals surface area (Å²) in [4.78, 5) is 3.15. The lowest BCUT2D eigenvalue weighted by Crippen LogP contribution is -1.87. The van der Waals surface area contributed by atoms with Crippen molar-refractivity contribution in [1.82, 2.24) is 4.98 Å². The molecule has 1 N–H and O–H groups in total. The number of ether oxygens (including phenoxy) is 2. The van der Waals surface area contributed by atoms with Gasteiger partial charge < -0.3 is 14.5 Å². The molecule has 0 aliphatic rings. The number of rotatable bonds is 2. The Labute approximate surface area is 125 Å². The van der Waals surface area contributed by atoms with Gasteiger partial charge in [-0.15, -0.1) is 0 Å². The van der Waals surface area contributed by atoms with Crippen molar-refractivity contribution in [2.45, 2.75) is 13.8 Å². The fraction of sp³-hybridized carbons (Fsp3) is 0.222. The van der Waals surface area contributed by atoms with E-state index in [1.165, 1.54) is 16.5 Å². The van der Waals surface area contributed by atoms with Gasteiger partial charge in [0.05, 0.1) is 14.2 Å². The Morgan fingerprint density at radius 1 is 0.762 bits per heavy atom. The standard InChI is InChI=1S/C9H9N.C9H12O2/c1-7-2-3-9-8(6-7)4-5-10-9;1-7-4-8(10-2)6-9(5-7)11-3/h2-6,10H,1H3;4-6H,1-3H3. The number of fused-ring (bicyclic) bond motifs is 1. The molecule has 3 heteroatoms. The molecule has 3 nitrogen and oxygen atoms in total. The number of H-pyrrole nitrogens is 1. The fourth-order valence-corrected chi connectivity index (χ4v) is 2.12. The minimum absolute atomic E-state index is 0.835. The summed E-state index contributed by atoms with van der Waals surface area (Å²) in [6.45, 7) is 4.11. The minimum atomic E-state index is 0.835. The third-order valence-corrected chi connectivity index (χ3v) is 3.20. The van der Waals surface area contributed by atoms with Gasteiger partial charge in [0.1, 0.15) is 11.5 Å². The Balaban J connectivity index is 0.000000154. The zero-order chi connectivity index (χ0) is 15.2. The van der Waals surface area contributed by atoms with Gasteiger partial charge in [-0.25, -0.2) is 0 Å². The van der Waals surface area contributed by atoms with Crippen molar-refractivity contribution in [2.75, 3.05) is 14.2 Å². The molecule has 0 aliphatic heterocycles. The van der Waals surface area contributed by atoms with Crippen LogP contribution in [0.4, 0.5) is 0 Å². The first-order chi connectivity index (χ1) is 10.1. The second-order valence-electron chi connectivity index (χ2n) is 4.96. The number of hydrogen-bond acceptors (Lipinski definition) is 2. The van der Waals surface area contributed by atoms with E-state index < -0.39 is 0 Å². The molecule has 0 atom stereocenters. The quantitative estimate of drug-likeness (QED) is 0.752. The molecule has 2 aromatic carbocycles. The molecule has 0 saturated heterocycles. The second kappa shape index (κ2) is 6.84. The van der Waals surface area contributed by atoms with Crippen molar-refractivity contribution in [3.05, 3.63) is 59.8 Å². The maximum Gasteiger partial charge on any atom is 0.122 e. The van der Waals surface area contributed by atoms with Crippen molar-refractivity contribution < 1.29 is 9.47 Å². The Bertz CT molecular complexity index is 694. The molecule has 0 amide bonds. The number of methoxy groups -OCH3 is 2. The largest absolute Gasteiger partial charge is 0.497 e. The highest BCUT2D eigenvalue weighted by atomic mass is 16.5. The fourth-order valence-electron chi connectivity index (χ4n) is 2.12. The van der Waals surface area contributed by atoms with Gasteiger partial charge in [0.25, 0.3) is 0 Å².